The molecule has 1 amide bonds. The number of nitrogens with zero attached hydrogens (tertiary/aromatic N) is 1. The van der Waals surface area contributed by atoms with Gasteiger partial charge in [0.15, 0.2) is 9.84 Å². The summed E-state index contributed by atoms with van der Waals surface area (Å²) in [4.78, 5) is 15.7. The summed E-state index contributed by atoms with van der Waals surface area (Å²) >= 11 is 7.32. The van der Waals surface area contributed by atoms with Gasteiger partial charge in [-0.25, -0.2) is 8.42 Å². The maximum atomic E-state index is 12.6. The van der Waals surface area contributed by atoms with Crippen molar-refractivity contribution in [3.05, 3.63) is 29.3 Å². The Kier molecular flexibility index (Phi) is 5.98. The number of thioether (sulfide) groups is 1. The zero-order valence-corrected chi connectivity index (χ0v) is 16.5. The SMILES string of the molecule is CC(Sc1ccc(Cl)cc1)C(=O)NC1CS(=O)(=O)CC1N1CCCC1. The Morgan fingerprint density at radius 2 is 1.88 bits per heavy atom. The topological polar surface area (TPSA) is 66.5 Å². The van der Waals surface area contributed by atoms with E-state index in [9.17, 15) is 13.2 Å². The number of benzene rings is 1. The number of rotatable bonds is 5. The molecule has 3 unspecified atom stereocenters. The van der Waals surface area contributed by atoms with Crippen LogP contribution in [-0.4, -0.2) is 61.2 Å². The van der Waals surface area contributed by atoms with Gasteiger partial charge in [-0.1, -0.05) is 11.6 Å². The minimum absolute atomic E-state index is 0.0399. The van der Waals surface area contributed by atoms with Gasteiger partial charge in [-0.2, -0.15) is 0 Å². The Hall–Kier alpha value is -0.760. The van der Waals surface area contributed by atoms with Gasteiger partial charge in [-0.15, -0.1) is 11.8 Å². The van der Waals surface area contributed by atoms with Crippen LogP contribution in [0.25, 0.3) is 0 Å². The summed E-state index contributed by atoms with van der Waals surface area (Å²) < 4.78 is 24.2. The van der Waals surface area contributed by atoms with E-state index in [4.69, 9.17) is 11.6 Å². The number of halogens is 1. The van der Waals surface area contributed by atoms with Crippen molar-refractivity contribution in [1.29, 1.82) is 0 Å². The van der Waals surface area contributed by atoms with Gasteiger partial charge in [-0.05, 0) is 57.1 Å². The summed E-state index contributed by atoms with van der Waals surface area (Å²) in [5, 5.41) is 3.34. The van der Waals surface area contributed by atoms with Crippen LogP contribution in [0.2, 0.25) is 5.02 Å². The number of sulfone groups is 1. The first-order chi connectivity index (χ1) is 11.8. The molecule has 1 aromatic rings. The van der Waals surface area contributed by atoms with Crippen LogP contribution in [0.3, 0.4) is 0 Å². The van der Waals surface area contributed by atoms with Crippen LogP contribution in [0, 0.1) is 0 Å². The van der Waals surface area contributed by atoms with Gasteiger partial charge >= 0.3 is 0 Å². The zero-order valence-electron chi connectivity index (χ0n) is 14.2. The third-order valence-electron chi connectivity index (χ3n) is 4.76. The molecule has 0 spiro atoms. The Morgan fingerprint density at radius 3 is 2.52 bits per heavy atom. The standard InChI is InChI=1S/C17H23ClN2O3S2/c1-12(24-14-6-4-13(18)5-7-14)17(21)19-15-10-25(22,23)11-16(15)20-8-2-3-9-20/h4-7,12,15-16H,2-3,8-11H2,1H3,(H,19,21). The smallest absolute Gasteiger partial charge is 0.233 e. The molecule has 3 atom stereocenters. The fraction of sp³-hybridized carbons (Fsp3) is 0.588. The highest BCUT2D eigenvalue weighted by Crippen LogP contribution is 2.26. The molecule has 5 nitrogen and oxygen atoms in total. The molecule has 1 aromatic carbocycles. The summed E-state index contributed by atoms with van der Waals surface area (Å²) in [6, 6.07) is 6.93. The molecule has 2 fully saturated rings. The molecule has 2 saturated heterocycles. The second-order valence-corrected chi connectivity index (χ2v) is 10.7. The summed E-state index contributed by atoms with van der Waals surface area (Å²) in [5.74, 6) is 0.0702. The van der Waals surface area contributed by atoms with Crippen LogP contribution in [-0.2, 0) is 14.6 Å². The molecule has 0 aromatic heterocycles. The lowest BCUT2D eigenvalue weighted by Gasteiger charge is -2.29. The maximum Gasteiger partial charge on any atom is 0.233 e. The quantitative estimate of drug-likeness (QED) is 0.765. The molecule has 2 aliphatic heterocycles. The predicted molar refractivity (Wildman–Crippen MR) is 102 cm³/mol. The fourth-order valence-electron chi connectivity index (χ4n) is 3.47. The van der Waals surface area contributed by atoms with Crippen LogP contribution in [0.1, 0.15) is 19.8 Å². The summed E-state index contributed by atoms with van der Waals surface area (Å²) in [6.45, 7) is 3.67. The van der Waals surface area contributed by atoms with Crippen LogP contribution in [0.15, 0.2) is 29.2 Å². The third kappa shape index (κ3) is 4.90. The van der Waals surface area contributed by atoms with Crippen LogP contribution in [0.4, 0.5) is 0 Å². The van der Waals surface area contributed by atoms with Crippen molar-refractivity contribution < 1.29 is 13.2 Å². The molecule has 3 rings (SSSR count). The number of hydrogen-bond acceptors (Lipinski definition) is 5. The van der Waals surface area contributed by atoms with Crippen LogP contribution < -0.4 is 5.32 Å². The predicted octanol–water partition coefficient (Wildman–Crippen LogP) is 2.20. The van der Waals surface area contributed by atoms with E-state index < -0.39 is 9.84 Å². The van der Waals surface area contributed by atoms with E-state index in [1.165, 1.54) is 11.8 Å². The molecule has 0 aliphatic carbocycles. The van der Waals surface area contributed by atoms with Gasteiger partial charge in [0.05, 0.1) is 22.8 Å². The van der Waals surface area contributed by atoms with E-state index in [-0.39, 0.29) is 34.7 Å². The van der Waals surface area contributed by atoms with Crippen LogP contribution in [0.5, 0.6) is 0 Å². The number of likely N-dealkylation sites (tertiary alicyclic amines) is 1. The normalized spacial score (nSPS) is 27.3. The average Bonchev–Trinajstić information content (AvgIpc) is 3.17. The molecule has 25 heavy (non-hydrogen) atoms. The lowest BCUT2D eigenvalue weighted by Crippen LogP contribution is -2.51. The van der Waals surface area contributed by atoms with Crippen molar-refractivity contribution in [1.82, 2.24) is 10.2 Å². The van der Waals surface area contributed by atoms with Crippen LogP contribution >= 0.6 is 23.4 Å². The highest BCUT2D eigenvalue weighted by atomic mass is 35.5. The number of carbonyl (C=O) groups is 1. The van der Waals surface area contributed by atoms with E-state index in [1.54, 1.807) is 12.1 Å². The fourth-order valence-corrected chi connectivity index (χ4v) is 6.43. The molecule has 0 radical (unpaired) electrons. The summed E-state index contributed by atoms with van der Waals surface area (Å²) in [6.07, 6.45) is 2.19. The molecular formula is C17H23ClN2O3S2. The average molecular weight is 403 g/mol. The Bertz CT molecular complexity index is 718. The minimum atomic E-state index is -3.09. The first kappa shape index (κ1) is 19.0. The number of nitrogens with one attached hydrogen (secondary N) is 1. The molecule has 2 aliphatic rings. The second-order valence-electron chi connectivity index (χ2n) is 6.72. The second kappa shape index (κ2) is 7.86. The monoisotopic (exact) mass is 402 g/mol. The van der Waals surface area contributed by atoms with E-state index in [0.717, 1.165) is 30.8 Å². The Morgan fingerprint density at radius 1 is 1.24 bits per heavy atom. The number of carbonyl (C=O) groups excluding carboxylic acids is 1. The van der Waals surface area contributed by atoms with E-state index in [2.05, 4.69) is 10.2 Å². The van der Waals surface area contributed by atoms with Crippen molar-refractivity contribution in [2.24, 2.45) is 0 Å². The van der Waals surface area contributed by atoms with Crippen molar-refractivity contribution in [2.75, 3.05) is 24.6 Å². The molecule has 8 heteroatoms. The van der Waals surface area contributed by atoms with E-state index >= 15 is 0 Å². The van der Waals surface area contributed by atoms with E-state index in [0.29, 0.717) is 5.02 Å². The zero-order chi connectivity index (χ0) is 18.0. The molecule has 0 saturated carbocycles. The van der Waals surface area contributed by atoms with Gasteiger partial charge in [0.1, 0.15) is 0 Å². The third-order valence-corrected chi connectivity index (χ3v) is 7.84. The first-order valence-corrected chi connectivity index (χ1v) is 11.6. The van der Waals surface area contributed by atoms with E-state index in [1.807, 2.05) is 19.1 Å². The van der Waals surface area contributed by atoms with Gasteiger partial charge in [0.25, 0.3) is 0 Å². The Balaban J connectivity index is 1.62. The summed E-state index contributed by atoms with van der Waals surface area (Å²) in [5.41, 5.74) is 0. The van der Waals surface area contributed by atoms with Crippen molar-refractivity contribution >= 4 is 39.1 Å². The number of amides is 1. The van der Waals surface area contributed by atoms with Gasteiger partial charge in [0, 0.05) is 16.0 Å². The Labute approximate surface area is 158 Å². The largest absolute Gasteiger partial charge is 0.350 e. The summed E-state index contributed by atoms with van der Waals surface area (Å²) in [7, 11) is -3.09. The maximum absolute atomic E-state index is 12.6. The highest BCUT2D eigenvalue weighted by Gasteiger charge is 2.42. The molecule has 1 N–H and O–H groups in total. The minimum Gasteiger partial charge on any atom is -0.350 e. The lowest BCUT2D eigenvalue weighted by molar-refractivity contribution is -0.121. The van der Waals surface area contributed by atoms with Crippen molar-refractivity contribution in [2.45, 2.75) is 42.0 Å². The van der Waals surface area contributed by atoms with Crippen molar-refractivity contribution in [3.8, 4) is 0 Å². The first-order valence-electron chi connectivity index (χ1n) is 8.51. The van der Waals surface area contributed by atoms with Crippen molar-refractivity contribution in [3.63, 3.8) is 0 Å². The highest BCUT2D eigenvalue weighted by molar-refractivity contribution is 8.00. The van der Waals surface area contributed by atoms with Gasteiger partial charge in [0.2, 0.25) is 5.91 Å². The van der Waals surface area contributed by atoms with Gasteiger partial charge < -0.3 is 5.32 Å². The molecule has 0 bridgehead atoms. The molecule has 138 valence electrons. The molecular weight excluding hydrogens is 380 g/mol. The molecule has 2 heterocycles. The van der Waals surface area contributed by atoms with Gasteiger partial charge in [-0.3, -0.25) is 9.69 Å². The number of hydrogen-bond donors (Lipinski definition) is 1. The lowest BCUT2D eigenvalue weighted by atomic mass is 10.1.